The van der Waals surface area contributed by atoms with Crippen LogP contribution in [0.15, 0.2) is 0 Å². The Labute approximate surface area is 80.7 Å². The minimum Gasteiger partial charge on any atom is -0.382 e. The highest BCUT2D eigenvalue weighted by Gasteiger charge is 2.08. The Bertz CT molecular complexity index is 112. The highest BCUT2D eigenvalue weighted by Crippen LogP contribution is 2.03. The van der Waals surface area contributed by atoms with Crippen LogP contribution in [-0.4, -0.2) is 32.5 Å². The van der Waals surface area contributed by atoms with Crippen molar-refractivity contribution in [3.63, 3.8) is 0 Å². The highest BCUT2D eigenvalue weighted by atomic mass is 16.5. The van der Waals surface area contributed by atoms with Gasteiger partial charge in [0.1, 0.15) is 0 Å². The van der Waals surface area contributed by atoms with Crippen molar-refractivity contribution in [2.75, 3.05) is 20.3 Å². The molecule has 0 aliphatic carbocycles. The van der Waals surface area contributed by atoms with Gasteiger partial charge in [0, 0.05) is 19.8 Å². The van der Waals surface area contributed by atoms with Gasteiger partial charge in [0.05, 0.1) is 12.7 Å². The standard InChI is InChI=1S/C9H22N2O2/c1-4-13-7-9(11-10)6-5-8(2)12-3/h8-9,11H,4-7,10H2,1-3H3. The topological polar surface area (TPSA) is 56.5 Å². The van der Waals surface area contributed by atoms with Crippen LogP contribution >= 0.6 is 0 Å². The van der Waals surface area contributed by atoms with Gasteiger partial charge in [0.25, 0.3) is 0 Å². The summed E-state index contributed by atoms with van der Waals surface area (Å²) >= 11 is 0. The van der Waals surface area contributed by atoms with Crippen molar-refractivity contribution in [3.05, 3.63) is 0 Å². The van der Waals surface area contributed by atoms with E-state index in [0.29, 0.717) is 6.61 Å². The van der Waals surface area contributed by atoms with E-state index in [0.717, 1.165) is 19.4 Å². The normalized spacial score (nSPS) is 15.7. The van der Waals surface area contributed by atoms with Gasteiger partial charge in [-0.3, -0.25) is 11.3 Å². The molecule has 0 rings (SSSR count). The fourth-order valence-corrected chi connectivity index (χ4v) is 1.03. The lowest BCUT2D eigenvalue weighted by atomic mass is 10.1. The number of rotatable bonds is 8. The van der Waals surface area contributed by atoms with Crippen LogP contribution in [0, 0.1) is 0 Å². The van der Waals surface area contributed by atoms with Gasteiger partial charge >= 0.3 is 0 Å². The summed E-state index contributed by atoms with van der Waals surface area (Å²) in [4.78, 5) is 0. The second-order valence-electron chi connectivity index (χ2n) is 3.15. The van der Waals surface area contributed by atoms with Gasteiger partial charge in [-0.15, -0.1) is 0 Å². The average Bonchev–Trinajstić information content (AvgIpc) is 2.17. The first kappa shape index (κ1) is 12.8. The number of methoxy groups -OCH3 is 1. The van der Waals surface area contributed by atoms with Crippen molar-refractivity contribution in [2.45, 2.75) is 38.8 Å². The summed E-state index contributed by atoms with van der Waals surface area (Å²) in [5.74, 6) is 5.37. The van der Waals surface area contributed by atoms with Crippen molar-refractivity contribution in [2.24, 2.45) is 5.84 Å². The number of nitrogens with one attached hydrogen (secondary N) is 1. The summed E-state index contributed by atoms with van der Waals surface area (Å²) in [7, 11) is 1.72. The third kappa shape index (κ3) is 6.95. The Balaban J connectivity index is 3.46. The van der Waals surface area contributed by atoms with Crippen molar-refractivity contribution < 1.29 is 9.47 Å². The fraction of sp³-hybridized carbons (Fsp3) is 1.00. The van der Waals surface area contributed by atoms with Crippen LogP contribution < -0.4 is 11.3 Å². The fourth-order valence-electron chi connectivity index (χ4n) is 1.03. The molecular weight excluding hydrogens is 168 g/mol. The molecule has 0 aromatic rings. The minimum atomic E-state index is 0.234. The van der Waals surface area contributed by atoms with E-state index in [2.05, 4.69) is 5.43 Å². The average molecular weight is 190 g/mol. The van der Waals surface area contributed by atoms with Crippen LogP contribution in [0.5, 0.6) is 0 Å². The Morgan fingerprint density at radius 2 is 2.08 bits per heavy atom. The van der Waals surface area contributed by atoms with Gasteiger partial charge in [-0.05, 0) is 26.7 Å². The zero-order valence-corrected chi connectivity index (χ0v) is 8.88. The van der Waals surface area contributed by atoms with Gasteiger partial charge in [0.2, 0.25) is 0 Å². The van der Waals surface area contributed by atoms with Crippen LogP contribution in [0.3, 0.4) is 0 Å². The van der Waals surface area contributed by atoms with E-state index in [4.69, 9.17) is 15.3 Å². The predicted octanol–water partition coefficient (Wildman–Crippen LogP) is 0.670. The lowest BCUT2D eigenvalue weighted by Crippen LogP contribution is -2.39. The van der Waals surface area contributed by atoms with Crippen LogP contribution in [0.1, 0.15) is 26.7 Å². The molecule has 0 saturated heterocycles. The Kier molecular flexibility index (Phi) is 8.33. The molecule has 0 aliphatic rings. The molecule has 0 amide bonds. The van der Waals surface area contributed by atoms with E-state index >= 15 is 0 Å². The Morgan fingerprint density at radius 3 is 2.54 bits per heavy atom. The maximum Gasteiger partial charge on any atom is 0.0632 e. The number of hydrazine groups is 1. The molecule has 0 aliphatic heterocycles. The summed E-state index contributed by atoms with van der Waals surface area (Å²) in [6.07, 6.45) is 2.27. The maximum absolute atomic E-state index is 5.37. The van der Waals surface area contributed by atoms with E-state index in [9.17, 15) is 0 Å². The molecule has 3 N–H and O–H groups in total. The molecule has 13 heavy (non-hydrogen) atoms. The molecule has 4 nitrogen and oxygen atoms in total. The van der Waals surface area contributed by atoms with Crippen LogP contribution in [0.4, 0.5) is 0 Å². The van der Waals surface area contributed by atoms with Crippen molar-refractivity contribution in [3.8, 4) is 0 Å². The van der Waals surface area contributed by atoms with E-state index in [-0.39, 0.29) is 12.1 Å². The van der Waals surface area contributed by atoms with E-state index in [1.165, 1.54) is 0 Å². The third-order valence-electron chi connectivity index (χ3n) is 2.08. The van der Waals surface area contributed by atoms with E-state index in [1.807, 2.05) is 13.8 Å². The van der Waals surface area contributed by atoms with Crippen LogP contribution in [0.25, 0.3) is 0 Å². The third-order valence-corrected chi connectivity index (χ3v) is 2.08. The molecule has 0 bridgehead atoms. The Morgan fingerprint density at radius 1 is 1.38 bits per heavy atom. The predicted molar refractivity (Wildman–Crippen MR) is 53.3 cm³/mol. The maximum atomic E-state index is 5.37. The quantitative estimate of drug-likeness (QED) is 0.436. The molecular formula is C9H22N2O2. The van der Waals surface area contributed by atoms with Crippen molar-refractivity contribution in [1.82, 2.24) is 5.43 Å². The molecule has 0 fully saturated rings. The lowest BCUT2D eigenvalue weighted by Gasteiger charge is -2.17. The second kappa shape index (κ2) is 8.44. The lowest BCUT2D eigenvalue weighted by molar-refractivity contribution is 0.0891. The molecule has 2 atom stereocenters. The first-order valence-corrected chi connectivity index (χ1v) is 4.81. The summed E-state index contributed by atoms with van der Waals surface area (Å²) in [6, 6.07) is 0.234. The SMILES string of the molecule is CCOCC(CCC(C)OC)NN. The first-order chi connectivity index (χ1) is 6.24. The molecule has 0 aromatic heterocycles. The van der Waals surface area contributed by atoms with Gasteiger partial charge in [0.15, 0.2) is 0 Å². The molecule has 0 spiro atoms. The first-order valence-electron chi connectivity index (χ1n) is 4.81. The zero-order chi connectivity index (χ0) is 10.1. The molecule has 80 valence electrons. The molecule has 0 heterocycles. The smallest absolute Gasteiger partial charge is 0.0632 e. The van der Waals surface area contributed by atoms with Gasteiger partial charge in [-0.25, -0.2) is 0 Å². The number of hydrogen-bond acceptors (Lipinski definition) is 4. The molecule has 0 radical (unpaired) electrons. The number of hydrogen-bond donors (Lipinski definition) is 2. The Hall–Kier alpha value is -0.160. The molecule has 4 heteroatoms. The zero-order valence-electron chi connectivity index (χ0n) is 8.88. The van der Waals surface area contributed by atoms with Gasteiger partial charge < -0.3 is 9.47 Å². The number of nitrogens with two attached hydrogens (primary N) is 1. The summed E-state index contributed by atoms with van der Waals surface area (Å²) in [6.45, 7) is 5.43. The van der Waals surface area contributed by atoms with Gasteiger partial charge in [-0.1, -0.05) is 0 Å². The highest BCUT2D eigenvalue weighted by molar-refractivity contribution is 4.64. The van der Waals surface area contributed by atoms with Crippen molar-refractivity contribution >= 4 is 0 Å². The molecule has 0 aromatic carbocycles. The van der Waals surface area contributed by atoms with Crippen LogP contribution in [-0.2, 0) is 9.47 Å². The second-order valence-corrected chi connectivity index (χ2v) is 3.15. The van der Waals surface area contributed by atoms with Gasteiger partial charge in [-0.2, -0.15) is 0 Å². The minimum absolute atomic E-state index is 0.234. The van der Waals surface area contributed by atoms with E-state index in [1.54, 1.807) is 7.11 Å². The summed E-state index contributed by atoms with van der Waals surface area (Å²) < 4.78 is 10.4. The largest absolute Gasteiger partial charge is 0.382 e. The van der Waals surface area contributed by atoms with Crippen LogP contribution in [0.2, 0.25) is 0 Å². The number of ether oxygens (including phenoxy) is 2. The molecule has 2 unspecified atom stereocenters. The summed E-state index contributed by atoms with van der Waals surface area (Å²) in [5.41, 5.74) is 2.74. The van der Waals surface area contributed by atoms with Crippen molar-refractivity contribution in [1.29, 1.82) is 0 Å². The summed E-state index contributed by atoms with van der Waals surface area (Å²) in [5, 5.41) is 0. The van der Waals surface area contributed by atoms with E-state index < -0.39 is 0 Å². The molecule has 0 saturated carbocycles. The monoisotopic (exact) mass is 190 g/mol.